The zero-order valence-corrected chi connectivity index (χ0v) is 20.0. The predicted octanol–water partition coefficient (Wildman–Crippen LogP) is 3.62. The first-order valence-electron chi connectivity index (χ1n) is 11.5. The van der Waals surface area contributed by atoms with Gasteiger partial charge in [0.1, 0.15) is 17.4 Å². The number of rotatable bonds is 8. The minimum absolute atomic E-state index is 0.0321. The molecule has 2 aromatic carbocycles. The number of nitrogens with zero attached hydrogens (tertiary/aromatic N) is 1. The summed E-state index contributed by atoms with van der Waals surface area (Å²) >= 11 is 0. The molecule has 0 bridgehead atoms. The minimum Gasteiger partial charge on any atom is -0.508 e. The van der Waals surface area contributed by atoms with E-state index in [9.17, 15) is 28.3 Å². The highest BCUT2D eigenvalue weighted by Gasteiger charge is 2.34. The van der Waals surface area contributed by atoms with Crippen LogP contribution in [0.5, 0.6) is 5.75 Å². The van der Waals surface area contributed by atoms with Gasteiger partial charge in [-0.3, -0.25) is 9.59 Å². The van der Waals surface area contributed by atoms with Crippen LogP contribution in [-0.4, -0.2) is 45.5 Å². The average molecular weight is 489 g/mol. The normalized spacial score (nSPS) is 16.8. The molecule has 0 aliphatic carbocycles. The third-order valence-corrected chi connectivity index (χ3v) is 5.65. The summed E-state index contributed by atoms with van der Waals surface area (Å²) < 4.78 is 33.2. The van der Waals surface area contributed by atoms with E-state index in [1.54, 1.807) is 32.9 Å². The first-order chi connectivity index (χ1) is 16.4. The SMILES string of the molecule is CC(C)(C)OC(=O)[C@H](Cc1ccc(O)cc1)NC(=O)CC1CCC(=O)N1Cc1cccc(F)c1F. The summed E-state index contributed by atoms with van der Waals surface area (Å²) in [4.78, 5) is 39.5. The molecule has 35 heavy (non-hydrogen) atoms. The summed E-state index contributed by atoms with van der Waals surface area (Å²) in [6.45, 7) is 5.01. The van der Waals surface area contributed by atoms with Gasteiger partial charge in [0.05, 0.1) is 0 Å². The number of likely N-dealkylation sites (tertiary alicyclic amines) is 1. The van der Waals surface area contributed by atoms with Gasteiger partial charge < -0.3 is 20.1 Å². The number of hydrogen-bond donors (Lipinski definition) is 2. The molecule has 0 spiro atoms. The first kappa shape index (κ1) is 26.1. The Morgan fingerprint density at radius 3 is 2.51 bits per heavy atom. The number of carbonyl (C=O) groups excluding carboxylic acids is 3. The lowest BCUT2D eigenvalue weighted by Gasteiger charge is -2.27. The Morgan fingerprint density at radius 1 is 1.17 bits per heavy atom. The fourth-order valence-corrected chi connectivity index (χ4v) is 3.98. The molecule has 2 amide bonds. The molecule has 7 nitrogen and oxygen atoms in total. The van der Waals surface area contributed by atoms with Gasteiger partial charge in [-0.1, -0.05) is 24.3 Å². The molecule has 188 valence electrons. The van der Waals surface area contributed by atoms with Gasteiger partial charge >= 0.3 is 5.97 Å². The monoisotopic (exact) mass is 488 g/mol. The van der Waals surface area contributed by atoms with E-state index >= 15 is 0 Å². The van der Waals surface area contributed by atoms with E-state index in [2.05, 4.69) is 5.32 Å². The molecule has 0 aromatic heterocycles. The lowest BCUT2D eigenvalue weighted by molar-refractivity contribution is -0.158. The van der Waals surface area contributed by atoms with E-state index in [1.165, 1.54) is 29.2 Å². The molecule has 1 fully saturated rings. The molecule has 2 N–H and O–H groups in total. The van der Waals surface area contributed by atoms with E-state index < -0.39 is 41.2 Å². The van der Waals surface area contributed by atoms with Gasteiger partial charge in [0.15, 0.2) is 11.6 Å². The number of aromatic hydroxyl groups is 1. The van der Waals surface area contributed by atoms with E-state index in [1.807, 2.05) is 0 Å². The fraction of sp³-hybridized carbons (Fsp3) is 0.423. The number of phenolic OH excluding ortho intramolecular Hbond substituents is 1. The van der Waals surface area contributed by atoms with Gasteiger partial charge in [-0.2, -0.15) is 0 Å². The standard InChI is InChI=1S/C26H30F2N2O5/c1-26(2,3)35-25(34)21(13-16-7-10-19(31)11-8-16)29-22(32)14-18-9-12-23(33)30(18)15-17-5-4-6-20(27)24(17)28/h4-8,10-11,18,21,31H,9,12-15H2,1-3H3,(H,29,32)/t18?,21-/m0/s1. The lowest BCUT2D eigenvalue weighted by atomic mass is 10.0. The number of halogens is 2. The van der Waals surface area contributed by atoms with Crippen LogP contribution in [0.15, 0.2) is 42.5 Å². The van der Waals surface area contributed by atoms with Crippen LogP contribution in [0.3, 0.4) is 0 Å². The second-order valence-corrected chi connectivity index (χ2v) is 9.66. The molecule has 2 atom stereocenters. The summed E-state index contributed by atoms with van der Waals surface area (Å²) in [6, 6.07) is 8.51. The van der Waals surface area contributed by atoms with Gasteiger partial charge in [-0.25, -0.2) is 13.6 Å². The van der Waals surface area contributed by atoms with E-state index in [-0.39, 0.29) is 43.0 Å². The molecule has 3 rings (SSSR count). The largest absolute Gasteiger partial charge is 0.508 e. The Kier molecular flexibility index (Phi) is 8.09. The zero-order chi connectivity index (χ0) is 25.8. The molecular weight excluding hydrogens is 458 g/mol. The third-order valence-electron chi connectivity index (χ3n) is 5.65. The number of carbonyl (C=O) groups is 3. The van der Waals surface area contributed by atoms with Crippen LogP contribution in [0, 0.1) is 11.6 Å². The van der Waals surface area contributed by atoms with Crippen molar-refractivity contribution in [1.29, 1.82) is 0 Å². The lowest BCUT2D eigenvalue weighted by Crippen LogP contribution is -2.47. The Labute approximate surface area is 203 Å². The van der Waals surface area contributed by atoms with Crippen LogP contribution in [0.25, 0.3) is 0 Å². The molecule has 1 aliphatic heterocycles. The maximum atomic E-state index is 14.1. The minimum atomic E-state index is -1.02. The summed E-state index contributed by atoms with van der Waals surface area (Å²) in [6.07, 6.45) is 0.621. The molecule has 1 saturated heterocycles. The summed E-state index contributed by atoms with van der Waals surface area (Å²) in [5, 5.41) is 12.2. The van der Waals surface area contributed by atoms with Crippen molar-refractivity contribution in [2.24, 2.45) is 0 Å². The molecular formula is C26H30F2N2O5. The average Bonchev–Trinajstić information content (AvgIpc) is 3.10. The second kappa shape index (κ2) is 10.8. The topological polar surface area (TPSA) is 95.9 Å². The molecule has 2 aromatic rings. The molecule has 0 saturated carbocycles. The van der Waals surface area contributed by atoms with Crippen LogP contribution in [0.1, 0.15) is 51.2 Å². The number of phenols is 1. The number of ether oxygens (including phenoxy) is 1. The highest BCUT2D eigenvalue weighted by atomic mass is 19.2. The van der Waals surface area contributed by atoms with Gasteiger partial charge in [-0.05, 0) is 51.0 Å². The van der Waals surface area contributed by atoms with Crippen LogP contribution >= 0.6 is 0 Å². The van der Waals surface area contributed by atoms with Crippen molar-refractivity contribution in [3.8, 4) is 5.75 Å². The maximum Gasteiger partial charge on any atom is 0.329 e. The van der Waals surface area contributed by atoms with Crippen molar-refractivity contribution >= 4 is 17.8 Å². The number of hydrogen-bond acceptors (Lipinski definition) is 5. The van der Waals surface area contributed by atoms with Crippen molar-refractivity contribution in [1.82, 2.24) is 10.2 Å². The van der Waals surface area contributed by atoms with Gasteiger partial charge in [0, 0.05) is 37.4 Å². The quantitative estimate of drug-likeness (QED) is 0.554. The van der Waals surface area contributed by atoms with Crippen LogP contribution in [0.2, 0.25) is 0 Å². The molecule has 9 heteroatoms. The first-order valence-corrected chi connectivity index (χ1v) is 11.5. The smallest absolute Gasteiger partial charge is 0.329 e. The van der Waals surface area contributed by atoms with Crippen molar-refractivity contribution in [3.05, 3.63) is 65.2 Å². The Balaban J connectivity index is 1.70. The Bertz CT molecular complexity index is 1080. The third kappa shape index (κ3) is 7.24. The number of benzene rings is 2. The van der Waals surface area contributed by atoms with E-state index in [0.29, 0.717) is 12.0 Å². The second-order valence-electron chi connectivity index (χ2n) is 9.66. The van der Waals surface area contributed by atoms with Crippen molar-refractivity contribution in [2.45, 2.75) is 70.7 Å². The van der Waals surface area contributed by atoms with Crippen molar-refractivity contribution < 1.29 is 33.0 Å². The molecule has 1 unspecified atom stereocenters. The van der Waals surface area contributed by atoms with E-state index in [0.717, 1.165) is 6.07 Å². The zero-order valence-electron chi connectivity index (χ0n) is 20.0. The number of nitrogens with one attached hydrogen (secondary N) is 1. The molecule has 1 aliphatic rings. The highest BCUT2D eigenvalue weighted by Crippen LogP contribution is 2.25. The van der Waals surface area contributed by atoms with Gasteiger partial charge in [0.2, 0.25) is 11.8 Å². The van der Waals surface area contributed by atoms with Crippen LogP contribution < -0.4 is 5.32 Å². The summed E-state index contributed by atoms with van der Waals surface area (Å²) in [5.74, 6) is -3.28. The summed E-state index contributed by atoms with van der Waals surface area (Å²) in [7, 11) is 0. The molecule has 0 radical (unpaired) electrons. The predicted molar refractivity (Wildman–Crippen MR) is 124 cm³/mol. The van der Waals surface area contributed by atoms with Crippen LogP contribution in [0.4, 0.5) is 8.78 Å². The summed E-state index contributed by atoms with van der Waals surface area (Å²) in [5.41, 5.74) is -0.0264. The van der Waals surface area contributed by atoms with E-state index in [4.69, 9.17) is 4.74 Å². The Morgan fingerprint density at radius 2 is 1.86 bits per heavy atom. The number of amides is 2. The highest BCUT2D eigenvalue weighted by molar-refractivity contribution is 5.86. The molecule has 1 heterocycles. The number of esters is 1. The van der Waals surface area contributed by atoms with Crippen LogP contribution in [-0.2, 0) is 32.1 Å². The fourth-order valence-electron chi connectivity index (χ4n) is 3.98. The van der Waals surface area contributed by atoms with Crippen molar-refractivity contribution in [3.63, 3.8) is 0 Å². The van der Waals surface area contributed by atoms with Gasteiger partial charge in [-0.15, -0.1) is 0 Å². The maximum absolute atomic E-state index is 14.1. The van der Waals surface area contributed by atoms with Gasteiger partial charge in [0.25, 0.3) is 0 Å². The Hall–Kier alpha value is -3.49. The van der Waals surface area contributed by atoms with Crippen molar-refractivity contribution in [2.75, 3.05) is 0 Å².